The topological polar surface area (TPSA) is 85.7 Å². The van der Waals surface area contributed by atoms with Gasteiger partial charge in [-0.25, -0.2) is 4.79 Å². The van der Waals surface area contributed by atoms with Crippen molar-refractivity contribution in [2.24, 2.45) is 0 Å². The molecule has 0 unspecified atom stereocenters. The molecule has 25 heavy (non-hydrogen) atoms. The molecule has 1 aromatic heterocycles. The minimum Gasteiger partial charge on any atom is -0.478 e. The van der Waals surface area contributed by atoms with Crippen molar-refractivity contribution >= 4 is 36.0 Å². The maximum atomic E-state index is 11.4. The highest BCUT2D eigenvalue weighted by Crippen LogP contribution is 2.39. The third-order valence-corrected chi connectivity index (χ3v) is 5.24. The average Bonchev–Trinajstić information content (AvgIpc) is 2.71. The summed E-state index contributed by atoms with van der Waals surface area (Å²) in [5.41, 5.74) is 0.468. The van der Waals surface area contributed by atoms with Gasteiger partial charge in [-0.05, 0) is 44.8 Å². The Morgan fingerprint density at radius 2 is 1.84 bits per heavy atom. The zero-order valence-electron chi connectivity index (χ0n) is 15.0. The molecule has 0 radical (unpaired) electrons. The molecule has 1 aliphatic heterocycles. The predicted molar refractivity (Wildman–Crippen MR) is 98.4 cm³/mol. The van der Waals surface area contributed by atoms with Gasteiger partial charge in [0.05, 0.1) is 16.8 Å². The van der Waals surface area contributed by atoms with Crippen molar-refractivity contribution in [2.75, 3.05) is 5.75 Å². The second-order valence-corrected chi connectivity index (χ2v) is 8.05. The highest BCUT2D eigenvalue weighted by atomic mass is 32.2. The Balaban J connectivity index is 2.35. The zero-order valence-corrected chi connectivity index (χ0v) is 15.8. The maximum absolute atomic E-state index is 11.4. The summed E-state index contributed by atoms with van der Waals surface area (Å²) >= 11 is 1.15. The molecule has 1 aliphatic rings. The van der Waals surface area contributed by atoms with Gasteiger partial charge < -0.3 is 14.4 Å². The van der Waals surface area contributed by atoms with Gasteiger partial charge in [-0.3, -0.25) is 9.78 Å². The van der Waals surface area contributed by atoms with Crippen LogP contribution in [-0.4, -0.2) is 45.2 Å². The summed E-state index contributed by atoms with van der Waals surface area (Å²) in [7, 11) is -0.606. The first-order valence-corrected chi connectivity index (χ1v) is 8.88. The van der Waals surface area contributed by atoms with Gasteiger partial charge in [0.2, 0.25) is 0 Å². The molecule has 1 aromatic rings. The van der Waals surface area contributed by atoms with Crippen LogP contribution in [0, 0.1) is 0 Å². The van der Waals surface area contributed by atoms with Crippen LogP contribution in [0.3, 0.4) is 0 Å². The van der Waals surface area contributed by atoms with E-state index in [4.69, 9.17) is 14.4 Å². The lowest BCUT2D eigenvalue weighted by Crippen LogP contribution is -2.41. The van der Waals surface area contributed by atoms with Gasteiger partial charge in [0, 0.05) is 25.1 Å². The van der Waals surface area contributed by atoms with Crippen molar-refractivity contribution in [2.45, 2.75) is 45.8 Å². The molecule has 2 heterocycles. The van der Waals surface area contributed by atoms with Crippen LogP contribution in [0.25, 0.3) is 6.08 Å². The Hall–Kier alpha value is -1.64. The van der Waals surface area contributed by atoms with Crippen LogP contribution < -0.4 is 0 Å². The molecule has 1 saturated heterocycles. The number of hydrogen-bond acceptors (Lipinski definition) is 6. The van der Waals surface area contributed by atoms with Gasteiger partial charge in [0.15, 0.2) is 5.12 Å². The molecule has 1 N–H and O–H groups in total. The molecule has 0 amide bonds. The number of hydrogen-bond donors (Lipinski definition) is 1. The first-order chi connectivity index (χ1) is 11.5. The Morgan fingerprint density at radius 1 is 1.24 bits per heavy atom. The van der Waals surface area contributed by atoms with E-state index in [0.717, 1.165) is 17.2 Å². The summed E-state index contributed by atoms with van der Waals surface area (Å²) in [5, 5.41) is 9.10. The molecule has 0 aliphatic carbocycles. The fraction of sp³-hybridized carbons (Fsp3) is 0.471. The lowest BCUT2D eigenvalue weighted by atomic mass is 9.78. The summed E-state index contributed by atoms with van der Waals surface area (Å²) in [4.78, 5) is 26.5. The van der Waals surface area contributed by atoms with Crippen molar-refractivity contribution in [1.82, 2.24) is 4.98 Å². The zero-order chi connectivity index (χ0) is 18.8. The molecule has 0 saturated carbocycles. The fourth-order valence-corrected chi connectivity index (χ4v) is 2.81. The van der Waals surface area contributed by atoms with E-state index in [2.05, 4.69) is 4.98 Å². The highest BCUT2D eigenvalue weighted by molar-refractivity contribution is 8.13. The standard InChI is InChI=1S/C17H22BNO5S/c1-11(20)25-10-14(18-23-16(2,3)17(4,5)24-18)7-12-6-13(15(21)22)9-19-8-12/h6-9H,10H2,1-5H3,(H,21,22). The number of aromatic nitrogens is 1. The van der Waals surface area contributed by atoms with Crippen molar-refractivity contribution in [3.8, 4) is 0 Å². The Morgan fingerprint density at radius 3 is 2.36 bits per heavy atom. The monoisotopic (exact) mass is 363 g/mol. The molecule has 2 rings (SSSR count). The summed E-state index contributed by atoms with van der Waals surface area (Å²) in [6, 6.07) is 1.53. The maximum Gasteiger partial charge on any atom is 0.491 e. The number of carbonyl (C=O) groups excluding carboxylic acids is 1. The van der Waals surface area contributed by atoms with E-state index in [-0.39, 0.29) is 10.7 Å². The lowest BCUT2D eigenvalue weighted by molar-refractivity contribution is -0.109. The fourth-order valence-electron chi connectivity index (χ4n) is 2.22. The van der Waals surface area contributed by atoms with Crippen molar-refractivity contribution in [1.29, 1.82) is 0 Å². The normalized spacial score (nSPS) is 19.1. The smallest absolute Gasteiger partial charge is 0.478 e. The molecule has 0 atom stereocenters. The number of rotatable bonds is 5. The third-order valence-electron chi connectivity index (χ3n) is 4.36. The molecule has 6 nitrogen and oxygen atoms in total. The number of thioether (sulfide) groups is 1. The predicted octanol–water partition coefficient (Wildman–Crippen LogP) is 3.07. The van der Waals surface area contributed by atoms with Crippen molar-refractivity contribution in [3.05, 3.63) is 35.1 Å². The van der Waals surface area contributed by atoms with E-state index in [9.17, 15) is 9.59 Å². The first kappa shape index (κ1) is 19.7. The van der Waals surface area contributed by atoms with Gasteiger partial charge in [0.25, 0.3) is 0 Å². The first-order valence-electron chi connectivity index (χ1n) is 7.89. The van der Waals surface area contributed by atoms with Crippen LogP contribution in [0.5, 0.6) is 0 Å². The molecule has 0 spiro atoms. The quantitative estimate of drug-likeness (QED) is 0.805. The van der Waals surface area contributed by atoms with Crippen LogP contribution in [0.4, 0.5) is 0 Å². The van der Waals surface area contributed by atoms with Crippen LogP contribution in [0.1, 0.15) is 50.5 Å². The molecule has 8 heteroatoms. The minimum absolute atomic E-state index is 0.0140. The van der Waals surface area contributed by atoms with Crippen LogP contribution in [0.2, 0.25) is 0 Å². The molecular weight excluding hydrogens is 341 g/mol. The number of aromatic carboxylic acids is 1. The van der Waals surface area contributed by atoms with Gasteiger partial charge in [0.1, 0.15) is 0 Å². The number of carboxylic acid groups (broad SMARTS) is 1. The number of nitrogens with zero attached hydrogens (tertiary/aromatic N) is 1. The van der Waals surface area contributed by atoms with E-state index in [1.165, 1.54) is 19.2 Å². The molecule has 0 bridgehead atoms. The molecule has 0 aromatic carbocycles. The second kappa shape index (κ2) is 7.31. The largest absolute Gasteiger partial charge is 0.491 e. The molecule has 134 valence electrons. The van der Waals surface area contributed by atoms with Gasteiger partial charge in [-0.1, -0.05) is 17.8 Å². The number of carboxylic acids is 1. The minimum atomic E-state index is -1.04. The van der Waals surface area contributed by atoms with Gasteiger partial charge >= 0.3 is 13.1 Å². The van der Waals surface area contributed by atoms with Crippen LogP contribution >= 0.6 is 11.8 Å². The van der Waals surface area contributed by atoms with E-state index in [0.29, 0.717) is 11.3 Å². The number of carbonyl (C=O) groups is 2. The number of pyridine rings is 1. The van der Waals surface area contributed by atoms with Gasteiger partial charge in [-0.15, -0.1) is 0 Å². The summed E-state index contributed by atoms with van der Waals surface area (Å²) < 4.78 is 12.1. The van der Waals surface area contributed by atoms with E-state index in [1.807, 2.05) is 27.7 Å². The summed E-state index contributed by atoms with van der Waals surface area (Å²) in [6.45, 7) is 9.31. The Kier molecular flexibility index (Phi) is 5.76. The van der Waals surface area contributed by atoms with E-state index in [1.54, 1.807) is 12.3 Å². The second-order valence-electron chi connectivity index (χ2n) is 6.90. The van der Waals surface area contributed by atoms with E-state index >= 15 is 0 Å². The Labute approximate surface area is 152 Å². The summed E-state index contributed by atoms with van der Waals surface area (Å²) in [6.07, 6.45) is 4.63. The van der Waals surface area contributed by atoms with Gasteiger partial charge in [-0.2, -0.15) is 0 Å². The molecule has 1 fully saturated rings. The SMILES string of the molecule is CC(=O)SCC(=Cc1cncc(C(=O)O)c1)B1OC(C)(C)C(C)(C)O1. The third kappa shape index (κ3) is 4.71. The average molecular weight is 363 g/mol. The van der Waals surface area contributed by atoms with Crippen LogP contribution in [-0.2, 0) is 14.1 Å². The van der Waals surface area contributed by atoms with Crippen molar-refractivity contribution in [3.63, 3.8) is 0 Å². The molecular formula is C17H22BNO5S. The van der Waals surface area contributed by atoms with E-state index < -0.39 is 24.3 Å². The van der Waals surface area contributed by atoms with Crippen LogP contribution in [0.15, 0.2) is 23.9 Å². The van der Waals surface area contributed by atoms with Crippen molar-refractivity contribution < 1.29 is 24.0 Å². The Bertz CT molecular complexity index is 701. The highest BCUT2D eigenvalue weighted by Gasteiger charge is 2.52. The lowest BCUT2D eigenvalue weighted by Gasteiger charge is -2.32. The summed E-state index contributed by atoms with van der Waals surface area (Å²) in [5.74, 6) is -0.651.